The quantitative estimate of drug-likeness (QED) is 0.781. The van der Waals surface area contributed by atoms with Gasteiger partial charge in [0.2, 0.25) is 0 Å². The average molecular weight is 222 g/mol. The van der Waals surface area contributed by atoms with E-state index in [1.807, 2.05) is 0 Å². The number of benzene rings is 1. The number of aliphatic hydroxyl groups is 1. The molecule has 0 aliphatic carbocycles. The minimum absolute atomic E-state index is 0.108. The van der Waals surface area contributed by atoms with Crippen LogP contribution in [-0.2, 0) is 7.05 Å². The first-order valence-electron chi connectivity index (χ1n) is 5.07. The first kappa shape index (κ1) is 10.8. The van der Waals surface area contributed by atoms with Crippen LogP contribution in [0.2, 0.25) is 0 Å². The van der Waals surface area contributed by atoms with E-state index in [9.17, 15) is 9.90 Å². The van der Waals surface area contributed by atoms with Gasteiger partial charge < -0.3 is 10.2 Å². The Balaban J connectivity index is 2.86. The van der Waals surface area contributed by atoms with Crippen molar-refractivity contribution in [2.75, 3.05) is 6.61 Å². The molecule has 5 nitrogen and oxygen atoms in total. The number of hydrogen-bond acceptors (Lipinski definition) is 3. The number of imidazole rings is 1. The van der Waals surface area contributed by atoms with Gasteiger partial charge in [-0.2, -0.15) is 0 Å². The van der Waals surface area contributed by atoms with Crippen molar-refractivity contribution in [2.24, 2.45) is 7.05 Å². The van der Waals surface area contributed by atoms with Crippen molar-refractivity contribution in [3.8, 4) is 5.75 Å². The van der Waals surface area contributed by atoms with Crippen LogP contribution in [0.15, 0.2) is 23.0 Å². The number of aliphatic hydroxyl groups excluding tert-OH is 1. The zero-order valence-electron chi connectivity index (χ0n) is 9.21. The predicted molar refractivity (Wildman–Crippen MR) is 60.6 cm³/mol. The van der Waals surface area contributed by atoms with Gasteiger partial charge in [-0.15, -0.1) is 0 Å². The molecule has 0 saturated heterocycles. The highest BCUT2D eigenvalue weighted by molar-refractivity contribution is 5.77. The van der Waals surface area contributed by atoms with Crippen molar-refractivity contribution < 1.29 is 10.2 Å². The van der Waals surface area contributed by atoms with Gasteiger partial charge in [0.15, 0.2) is 0 Å². The second-order valence-electron chi connectivity index (χ2n) is 3.92. The Hall–Kier alpha value is -1.75. The van der Waals surface area contributed by atoms with Crippen molar-refractivity contribution >= 4 is 11.0 Å². The van der Waals surface area contributed by atoms with Crippen LogP contribution in [0.3, 0.4) is 0 Å². The topological polar surface area (TPSA) is 67.4 Å². The summed E-state index contributed by atoms with van der Waals surface area (Å²) in [6.45, 7) is 1.64. The summed E-state index contributed by atoms with van der Waals surface area (Å²) in [7, 11) is 1.67. The second kappa shape index (κ2) is 3.68. The van der Waals surface area contributed by atoms with Crippen molar-refractivity contribution in [1.29, 1.82) is 0 Å². The van der Waals surface area contributed by atoms with E-state index in [1.165, 1.54) is 21.3 Å². The largest absolute Gasteiger partial charge is 0.508 e. The normalized spacial score (nSPS) is 13.2. The first-order valence-corrected chi connectivity index (χ1v) is 5.07. The maximum atomic E-state index is 11.9. The van der Waals surface area contributed by atoms with E-state index >= 15 is 0 Å². The summed E-state index contributed by atoms with van der Waals surface area (Å²) < 4.78 is 2.98. The fourth-order valence-corrected chi connectivity index (χ4v) is 1.86. The molecule has 1 atom stereocenters. The Morgan fingerprint density at radius 3 is 2.69 bits per heavy atom. The van der Waals surface area contributed by atoms with Crippen molar-refractivity contribution in [2.45, 2.75) is 13.0 Å². The summed E-state index contributed by atoms with van der Waals surface area (Å²) in [6, 6.07) is 4.45. The first-order chi connectivity index (χ1) is 7.56. The molecule has 86 valence electrons. The Morgan fingerprint density at radius 1 is 1.38 bits per heavy atom. The van der Waals surface area contributed by atoms with Gasteiger partial charge in [0, 0.05) is 13.1 Å². The molecule has 2 N–H and O–H groups in total. The van der Waals surface area contributed by atoms with Crippen LogP contribution in [0.4, 0.5) is 0 Å². The zero-order chi connectivity index (χ0) is 11.9. The summed E-state index contributed by atoms with van der Waals surface area (Å²) in [4.78, 5) is 11.9. The molecular formula is C11H14N2O3. The third-order valence-electron chi connectivity index (χ3n) is 2.78. The molecule has 0 radical (unpaired) electrons. The SMILES string of the molecule is CC(CO)n1c(=O)n(C)c2ccc(O)cc21. The van der Waals surface area contributed by atoms with Gasteiger partial charge in [-0.3, -0.25) is 9.13 Å². The fraction of sp³-hybridized carbons (Fsp3) is 0.364. The third kappa shape index (κ3) is 1.40. The van der Waals surface area contributed by atoms with Crippen molar-refractivity contribution in [3.63, 3.8) is 0 Å². The minimum Gasteiger partial charge on any atom is -0.508 e. The van der Waals surface area contributed by atoms with Crippen molar-refractivity contribution in [1.82, 2.24) is 9.13 Å². The lowest BCUT2D eigenvalue weighted by molar-refractivity contribution is 0.238. The number of hydrogen-bond donors (Lipinski definition) is 2. The number of aryl methyl sites for hydroxylation is 1. The van der Waals surface area contributed by atoms with Gasteiger partial charge in [-0.25, -0.2) is 4.79 Å². The molecule has 2 aromatic rings. The van der Waals surface area contributed by atoms with E-state index in [2.05, 4.69) is 0 Å². The van der Waals surface area contributed by atoms with Crippen LogP contribution in [0.25, 0.3) is 11.0 Å². The van der Waals surface area contributed by atoms with Crippen LogP contribution in [0, 0.1) is 0 Å². The number of nitrogens with zero attached hydrogens (tertiary/aromatic N) is 2. The molecule has 2 rings (SSSR count). The van der Waals surface area contributed by atoms with E-state index in [1.54, 1.807) is 20.0 Å². The molecule has 0 spiro atoms. The Labute approximate surface area is 92.2 Å². The molecule has 1 heterocycles. The Morgan fingerprint density at radius 2 is 2.06 bits per heavy atom. The molecule has 1 unspecified atom stereocenters. The van der Waals surface area contributed by atoms with Crippen LogP contribution < -0.4 is 5.69 Å². The monoisotopic (exact) mass is 222 g/mol. The molecule has 0 fully saturated rings. The number of phenols is 1. The Bertz CT molecular complexity index is 583. The molecule has 0 aliphatic rings. The fourth-order valence-electron chi connectivity index (χ4n) is 1.86. The van der Waals surface area contributed by atoms with Gasteiger partial charge in [0.25, 0.3) is 0 Å². The molecule has 16 heavy (non-hydrogen) atoms. The average Bonchev–Trinajstić information content (AvgIpc) is 2.51. The lowest BCUT2D eigenvalue weighted by Gasteiger charge is -2.09. The van der Waals surface area contributed by atoms with Gasteiger partial charge >= 0.3 is 5.69 Å². The van der Waals surface area contributed by atoms with Gasteiger partial charge in [-0.1, -0.05) is 0 Å². The van der Waals surface area contributed by atoms with Gasteiger partial charge in [-0.05, 0) is 19.1 Å². The molecule has 0 aliphatic heterocycles. The molecule has 0 bridgehead atoms. The third-order valence-corrected chi connectivity index (χ3v) is 2.78. The molecule has 0 amide bonds. The van der Waals surface area contributed by atoms with Crippen LogP contribution in [-0.4, -0.2) is 26.0 Å². The molecule has 5 heteroatoms. The Kier molecular flexibility index (Phi) is 2.47. The number of phenolic OH excluding ortho intramolecular Hbond substituents is 1. The highest BCUT2D eigenvalue weighted by Crippen LogP contribution is 2.21. The number of fused-ring (bicyclic) bond motifs is 1. The number of aromatic nitrogens is 2. The lowest BCUT2D eigenvalue weighted by atomic mass is 10.2. The van der Waals surface area contributed by atoms with E-state index < -0.39 is 0 Å². The highest BCUT2D eigenvalue weighted by Gasteiger charge is 2.15. The van der Waals surface area contributed by atoms with Crippen LogP contribution >= 0.6 is 0 Å². The van der Waals surface area contributed by atoms with E-state index in [4.69, 9.17) is 5.11 Å². The van der Waals surface area contributed by atoms with Gasteiger partial charge in [0.1, 0.15) is 5.75 Å². The molecular weight excluding hydrogens is 208 g/mol. The standard InChI is InChI=1S/C11H14N2O3/c1-7(6-14)13-10-5-8(15)3-4-9(10)12(2)11(13)16/h3-5,7,14-15H,6H2,1-2H3. The molecule has 0 saturated carbocycles. The second-order valence-corrected chi connectivity index (χ2v) is 3.92. The zero-order valence-corrected chi connectivity index (χ0v) is 9.21. The van der Waals surface area contributed by atoms with E-state index in [-0.39, 0.29) is 24.1 Å². The van der Waals surface area contributed by atoms with E-state index in [0.29, 0.717) is 5.52 Å². The van der Waals surface area contributed by atoms with Gasteiger partial charge in [0.05, 0.1) is 23.7 Å². The maximum absolute atomic E-state index is 11.9. The molecule has 1 aromatic carbocycles. The number of rotatable bonds is 2. The summed E-state index contributed by atoms with van der Waals surface area (Å²) in [6.07, 6.45) is 0. The van der Waals surface area contributed by atoms with E-state index in [0.717, 1.165) is 5.52 Å². The predicted octanol–water partition coefficient (Wildman–Crippen LogP) is 0.599. The highest BCUT2D eigenvalue weighted by atomic mass is 16.3. The smallest absolute Gasteiger partial charge is 0.329 e. The summed E-state index contributed by atoms with van der Waals surface area (Å²) in [5, 5.41) is 18.5. The lowest BCUT2D eigenvalue weighted by Crippen LogP contribution is -2.26. The minimum atomic E-state index is -0.307. The van der Waals surface area contributed by atoms with Crippen LogP contribution in [0.5, 0.6) is 5.75 Å². The van der Waals surface area contributed by atoms with Crippen LogP contribution in [0.1, 0.15) is 13.0 Å². The summed E-state index contributed by atoms with van der Waals surface area (Å²) >= 11 is 0. The summed E-state index contributed by atoms with van der Waals surface area (Å²) in [5.74, 6) is 0.108. The maximum Gasteiger partial charge on any atom is 0.329 e. The molecule has 1 aromatic heterocycles. The van der Waals surface area contributed by atoms with Crippen molar-refractivity contribution in [3.05, 3.63) is 28.7 Å². The summed E-state index contributed by atoms with van der Waals surface area (Å²) in [5.41, 5.74) is 1.18. The number of aromatic hydroxyl groups is 1.